The van der Waals surface area contributed by atoms with E-state index in [1.54, 1.807) is 12.4 Å². The molecule has 1 aromatic rings. The molecule has 1 heterocycles. The molecule has 1 rings (SSSR count). The molecule has 0 bridgehead atoms. The standard InChI is InChI=1S/C11H18N2O2S/c1-10(11-4-7-12-8-5-11)13-6-3-9-16(2,14)15/h4-5,7-8,10,13H,3,6,9H2,1-2H3/t10-/m1/s1. The van der Waals surface area contributed by atoms with E-state index in [-0.39, 0.29) is 11.8 Å². The molecule has 1 N–H and O–H groups in total. The minimum atomic E-state index is -2.84. The normalized spacial score (nSPS) is 13.6. The number of aromatic nitrogens is 1. The molecule has 0 aromatic carbocycles. The maximum absolute atomic E-state index is 10.9. The second-order valence-corrected chi connectivity index (χ2v) is 6.20. The van der Waals surface area contributed by atoms with Crippen LogP contribution < -0.4 is 5.32 Å². The summed E-state index contributed by atoms with van der Waals surface area (Å²) in [5.41, 5.74) is 1.16. The Balaban J connectivity index is 2.29. The molecule has 0 fully saturated rings. The molecule has 0 saturated heterocycles. The Kier molecular flexibility index (Phi) is 4.89. The first-order chi connectivity index (χ1) is 7.49. The lowest BCUT2D eigenvalue weighted by Gasteiger charge is -2.13. The number of nitrogens with one attached hydrogen (secondary N) is 1. The van der Waals surface area contributed by atoms with Crippen molar-refractivity contribution < 1.29 is 8.42 Å². The Labute approximate surface area is 97.0 Å². The number of rotatable bonds is 6. The zero-order valence-electron chi connectivity index (χ0n) is 9.68. The average Bonchev–Trinajstić information content (AvgIpc) is 2.24. The zero-order chi connectivity index (χ0) is 12.0. The third-order valence-electron chi connectivity index (χ3n) is 2.35. The summed E-state index contributed by atoms with van der Waals surface area (Å²) in [6.45, 7) is 2.76. The largest absolute Gasteiger partial charge is 0.310 e. The van der Waals surface area contributed by atoms with E-state index in [1.807, 2.05) is 12.1 Å². The summed E-state index contributed by atoms with van der Waals surface area (Å²) in [4.78, 5) is 3.95. The fourth-order valence-electron chi connectivity index (χ4n) is 1.42. The highest BCUT2D eigenvalue weighted by Gasteiger charge is 2.05. The van der Waals surface area contributed by atoms with Crippen molar-refractivity contribution in [1.29, 1.82) is 0 Å². The van der Waals surface area contributed by atoms with Crippen LogP contribution in [0.5, 0.6) is 0 Å². The monoisotopic (exact) mass is 242 g/mol. The number of hydrogen-bond acceptors (Lipinski definition) is 4. The van der Waals surface area contributed by atoms with Gasteiger partial charge in [0.15, 0.2) is 0 Å². The van der Waals surface area contributed by atoms with Crippen LogP contribution in [-0.4, -0.2) is 32.0 Å². The first-order valence-corrected chi connectivity index (χ1v) is 7.36. The van der Waals surface area contributed by atoms with Crippen molar-refractivity contribution in [3.05, 3.63) is 30.1 Å². The van der Waals surface area contributed by atoms with Crippen molar-refractivity contribution in [2.45, 2.75) is 19.4 Å². The summed E-state index contributed by atoms with van der Waals surface area (Å²) in [5.74, 6) is 0.239. The van der Waals surface area contributed by atoms with Gasteiger partial charge >= 0.3 is 0 Å². The van der Waals surface area contributed by atoms with E-state index >= 15 is 0 Å². The van der Waals surface area contributed by atoms with E-state index in [4.69, 9.17) is 0 Å². The highest BCUT2D eigenvalue weighted by Crippen LogP contribution is 2.09. The van der Waals surface area contributed by atoms with Gasteiger partial charge in [-0.1, -0.05) is 0 Å². The van der Waals surface area contributed by atoms with E-state index < -0.39 is 9.84 Å². The molecule has 90 valence electrons. The van der Waals surface area contributed by atoms with E-state index in [0.29, 0.717) is 13.0 Å². The van der Waals surface area contributed by atoms with Crippen LogP contribution in [0.3, 0.4) is 0 Å². The van der Waals surface area contributed by atoms with Gasteiger partial charge in [-0.25, -0.2) is 8.42 Å². The fraction of sp³-hybridized carbons (Fsp3) is 0.545. The molecule has 4 nitrogen and oxygen atoms in total. The molecule has 0 aliphatic heterocycles. The summed E-state index contributed by atoms with van der Waals surface area (Å²) >= 11 is 0. The predicted molar refractivity (Wildman–Crippen MR) is 65.0 cm³/mol. The van der Waals surface area contributed by atoms with E-state index in [1.165, 1.54) is 6.26 Å². The van der Waals surface area contributed by atoms with Gasteiger partial charge in [-0.15, -0.1) is 0 Å². The molecule has 1 aromatic heterocycles. The molecule has 0 unspecified atom stereocenters. The number of sulfone groups is 1. The van der Waals surface area contributed by atoms with E-state index in [0.717, 1.165) is 5.56 Å². The van der Waals surface area contributed by atoms with Gasteiger partial charge < -0.3 is 5.32 Å². The van der Waals surface area contributed by atoms with Crippen molar-refractivity contribution in [3.8, 4) is 0 Å². The molecule has 0 radical (unpaired) electrons. The van der Waals surface area contributed by atoms with Crippen LogP contribution in [0.1, 0.15) is 24.9 Å². The molecular formula is C11H18N2O2S. The molecule has 5 heteroatoms. The highest BCUT2D eigenvalue weighted by atomic mass is 32.2. The zero-order valence-corrected chi connectivity index (χ0v) is 10.5. The molecule has 16 heavy (non-hydrogen) atoms. The molecule has 0 aliphatic carbocycles. The van der Waals surface area contributed by atoms with Crippen LogP contribution in [0.4, 0.5) is 0 Å². The quantitative estimate of drug-likeness (QED) is 0.761. The van der Waals surface area contributed by atoms with Gasteiger partial charge in [0.05, 0.1) is 5.75 Å². The van der Waals surface area contributed by atoms with Crippen LogP contribution >= 0.6 is 0 Å². The predicted octanol–water partition coefficient (Wildman–Crippen LogP) is 1.17. The average molecular weight is 242 g/mol. The van der Waals surface area contributed by atoms with Gasteiger partial charge in [0.2, 0.25) is 0 Å². The first-order valence-electron chi connectivity index (χ1n) is 5.30. The lowest BCUT2D eigenvalue weighted by molar-refractivity contribution is 0.561. The minimum absolute atomic E-state index is 0.225. The smallest absolute Gasteiger partial charge is 0.147 e. The van der Waals surface area contributed by atoms with Crippen LogP contribution in [0.15, 0.2) is 24.5 Å². The molecule has 0 amide bonds. The minimum Gasteiger partial charge on any atom is -0.310 e. The summed E-state index contributed by atoms with van der Waals surface area (Å²) in [7, 11) is -2.84. The SMILES string of the molecule is C[C@@H](NCCCS(C)(=O)=O)c1ccncc1. The third-order valence-corrected chi connectivity index (χ3v) is 3.38. The van der Waals surface area contributed by atoms with Gasteiger partial charge in [0.1, 0.15) is 9.84 Å². The first kappa shape index (κ1) is 13.1. The summed E-state index contributed by atoms with van der Waals surface area (Å²) in [6.07, 6.45) is 5.42. The second kappa shape index (κ2) is 5.96. The topological polar surface area (TPSA) is 59.1 Å². The molecule has 1 atom stereocenters. The van der Waals surface area contributed by atoms with Crippen molar-refractivity contribution in [2.24, 2.45) is 0 Å². The Hall–Kier alpha value is -0.940. The van der Waals surface area contributed by atoms with Crippen LogP contribution in [0.25, 0.3) is 0 Å². The van der Waals surface area contributed by atoms with Gasteiger partial charge in [-0.2, -0.15) is 0 Å². The Morgan fingerprint density at radius 3 is 2.56 bits per heavy atom. The molecule has 0 spiro atoms. The van der Waals surface area contributed by atoms with Crippen LogP contribution in [0.2, 0.25) is 0 Å². The van der Waals surface area contributed by atoms with Crippen molar-refractivity contribution in [1.82, 2.24) is 10.3 Å². The van der Waals surface area contributed by atoms with Crippen molar-refractivity contribution in [3.63, 3.8) is 0 Å². The van der Waals surface area contributed by atoms with Gasteiger partial charge in [-0.3, -0.25) is 4.98 Å². The molecule has 0 aliphatic rings. The lowest BCUT2D eigenvalue weighted by Crippen LogP contribution is -2.21. The van der Waals surface area contributed by atoms with Crippen LogP contribution in [0, 0.1) is 0 Å². The molecule has 0 saturated carbocycles. The second-order valence-electron chi connectivity index (χ2n) is 3.94. The summed E-state index contributed by atoms with van der Waals surface area (Å²) < 4.78 is 21.8. The van der Waals surface area contributed by atoms with Crippen molar-refractivity contribution in [2.75, 3.05) is 18.6 Å². The number of hydrogen-bond donors (Lipinski definition) is 1. The Morgan fingerprint density at radius 1 is 1.38 bits per heavy atom. The number of nitrogens with zero attached hydrogens (tertiary/aromatic N) is 1. The van der Waals surface area contributed by atoms with E-state index in [2.05, 4.69) is 17.2 Å². The highest BCUT2D eigenvalue weighted by molar-refractivity contribution is 7.90. The lowest BCUT2D eigenvalue weighted by atomic mass is 10.1. The maximum Gasteiger partial charge on any atom is 0.147 e. The van der Waals surface area contributed by atoms with Gasteiger partial charge in [-0.05, 0) is 37.6 Å². The third kappa shape index (κ3) is 5.23. The summed E-state index contributed by atoms with van der Waals surface area (Å²) in [5, 5.41) is 3.28. The Morgan fingerprint density at radius 2 is 2.00 bits per heavy atom. The Bertz CT molecular complexity index is 403. The fourth-order valence-corrected chi connectivity index (χ4v) is 2.09. The summed E-state index contributed by atoms with van der Waals surface area (Å²) in [6, 6.07) is 4.13. The van der Waals surface area contributed by atoms with Crippen molar-refractivity contribution >= 4 is 9.84 Å². The van der Waals surface area contributed by atoms with Gasteiger partial charge in [0, 0.05) is 24.7 Å². The molecular weight excluding hydrogens is 224 g/mol. The number of pyridine rings is 1. The van der Waals surface area contributed by atoms with E-state index in [9.17, 15) is 8.42 Å². The maximum atomic E-state index is 10.9. The van der Waals surface area contributed by atoms with Gasteiger partial charge in [0.25, 0.3) is 0 Å². The van der Waals surface area contributed by atoms with Crippen LogP contribution in [-0.2, 0) is 9.84 Å².